The number of fused-ring (bicyclic) bond motifs is 4. The third-order valence-electron chi connectivity index (χ3n) is 11.4. The van der Waals surface area contributed by atoms with Gasteiger partial charge >= 0.3 is 0 Å². The first-order chi connectivity index (χ1) is 25.5. The molecule has 2 saturated carbocycles. The highest BCUT2D eigenvalue weighted by Crippen LogP contribution is 2.43. The van der Waals surface area contributed by atoms with Crippen molar-refractivity contribution in [2.75, 3.05) is 26.3 Å². The van der Waals surface area contributed by atoms with E-state index in [1.165, 1.54) is 19.4 Å². The van der Waals surface area contributed by atoms with Crippen LogP contribution in [-0.2, 0) is 16.0 Å². The molecular weight excluding hydrogens is 714 g/mol. The Morgan fingerprint density at radius 1 is 1.23 bits per heavy atom. The van der Waals surface area contributed by atoms with Crippen LogP contribution in [0.3, 0.4) is 0 Å². The highest BCUT2D eigenvalue weighted by atomic mass is 35.5. The summed E-state index contributed by atoms with van der Waals surface area (Å²) in [5.41, 5.74) is 13.0. The number of halogens is 3. The van der Waals surface area contributed by atoms with E-state index in [4.69, 9.17) is 39.5 Å². The molecule has 2 aromatic carbocycles. The normalized spacial score (nSPS) is 22.6. The average Bonchev–Trinajstić information content (AvgIpc) is 3.52. The summed E-state index contributed by atoms with van der Waals surface area (Å²) in [4.78, 5) is 23.1. The molecular formula is C40H47Cl2FN8O2. The topological polar surface area (TPSA) is 158 Å². The molecule has 7 N–H and O–H groups in total. The first kappa shape index (κ1) is 37.4. The van der Waals surface area contributed by atoms with Crippen LogP contribution in [0.15, 0.2) is 42.2 Å². The van der Waals surface area contributed by atoms with Crippen LogP contribution in [0.4, 0.5) is 4.39 Å². The van der Waals surface area contributed by atoms with Crippen molar-refractivity contribution in [2.45, 2.75) is 77.3 Å². The summed E-state index contributed by atoms with van der Waals surface area (Å²) < 4.78 is 21.3. The lowest BCUT2D eigenvalue weighted by molar-refractivity contribution is -0.133. The molecule has 1 unspecified atom stereocenters. The van der Waals surface area contributed by atoms with Crippen molar-refractivity contribution in [3.63, 3.8) is 0 Å². The maximum absolute atomic E-state index is 16.3. The van der Waals surface area contributed by atoms with Gasteiger partial charge < -0.3 is 31.1 Å². The molecule has 0 spiro atoms. The van der Waals surface area contributed by atoms with Crippen molar-refractivity contribution in [2.24, 2.45) is 28.8 Å². The number of pyridine rings is 1. The summed E-state index contributed by atoms with van der Waals surface area (Å²) in [5, 5.41) is 14.8. The van der Waals surface area contributed by atoms with Gasteiger partial charge in [-0.2, -0.15) is 5.26 Å². The fourth-order valence-electron chi connectivity index (χ4n) is 7.91. The maximum Gasteiger partial charge on any atom is 0.226 e. The lowest BCUT2D eigenvalue weighted by Crippen LogP contribution is -2.44. The van der Waals surface area contributed by atoms with Gasteiger partial charge in [-0.15, -0.1) is 0 Å². The summed E-state index contributed by atoms with van der Waals surface area (Å²) in [5.74, 6) is 6.07. The minimum Gasteiger partial charge on any atom is -0.400 e. The van der Waals surface area contributed by atoms with Gasteiger partial charge in [0.05, 0.1) is 46.3 Å². The standard InChI is InChI=1S/C29H25Cl2FN4O.C6H13N3O.C5H9N/c1-15-19-14-22(23-8-4-12-36(23)29(37)16-9-10-16)35-27(19)20-13-17(5-3-11-33)24(26(32)28(20)34-15)18-6-2-7-21(30)25(18)31;1-6(3-10-4-6)5(7)2-9-8;1-4-2-5(1)6-3-4/h2,6-7,13-14,16,23,35H,3-5,8-10,12H2,1H3;2,9H,3-4,7-8H2,1H3;4-6H,1-3H2/b;5-2-;. The number of nitrogens with two attached hydrogens (primary N) is 2. The fourth-order valence-corrected chi connectivity index (χ4v) is 8.30. The van der Waals surface area contributed by atoms with Gasteiger partial charge in [-0.3, -0.25) is 10.6 Å². The quantitative estimate of drug-likeness (QED) is 0.0969. The molecule has 6 heterocycles. The van der Waals surface area contributed by atoms with Gasteiger partial charge in [0.1, 0.15) is 5.52 Å². The molecule has 0 radical (unpaired) electrons. The van der Waals surface area contributed by atoms with E-state index in [-0.39, 0.29) is 40.2 Å². The van der Waals surface area contributed by atoms with Crippen molar-refractivity contribution in [3.8, 4) is 17.2 Å². The predicted octanol–water partition coefficient (Wildman–Crippen LogP) is 7.32. The number of likely N-dealkylation sites (tertiary alicyclic amines) is 1. The molecule has 6 aliphatic rings. The third kappa shape index (κ3) is 7.45. The molecule has 2 aliphatic carbocycles. The number of nitrogens with zero attached hydrogens (tertiary/aromatic N) is 3. The van der Waals surface area contributed by atoms with Crippen molar-refractivity contribution in [1.29, 1.82) is 5.26 Å². The molecule has 53 heavy (non-hydrogen) atoms. The largest absolute Gasteiger partial charge is 0.400 e. The van der Waals surface area contributed by atoms with Gasteiger partial charge in [-0.05, 0) is 95.0 Å². The van der Waals surface area contributed by atoms with Crippen LogP contribution in [0.5, 0.6) is 0 Å². The van der Waals surface area contributed by atoms with E-state index < -0.39 is 5.82 Å². The number of hydrogen-bond donors (Lipinski definition) is 5. The minimum atomic E-state index is -0.484. The number of benzene rings is 2. The van der Waals surface area contributed by atoms with Gasteiger partial charge in [0.15, 0.2) is 5.82 Å². The summed E-state index contributed by atoms with van der Waals surface area (Å²) >= 11 is 12.8. The van der Waals surface area contributed by atoms with Crippen LogP contribution < -0.4 is 22.3 Å². The Morgan fingerprint density at radius 2 is 2.00 bits per heavy atom. The van der Waals surface area contributed by atoms with Gasteiger partial charge in [-0.25, -0.2) is 9.37 Å². The van der Waals surface area contributed by atoms with Crippen molar-refractivity contribution in [3.05, 3.63) is 75.0 Å². The van der Waals surface area contributed by atoms with Gasteiger partial charge in [0.25, 0.3) is 0 Å². The van der Waals surface area contributed by atoms with Gasteiger partial charge in [-0.1, -0.05) is 35.3 Å². The van der Waals surface area contributed by atoms with E-state index in [1.807, 2.05) is 24.8 Å². The lowest BCUT2D eigenvalue weighted by atomic mass is 9.85. The van der Waals surface area contributed by atoms with Crippen molar-refractivity contribution >= 4 is 50.9 Å². The number of carbonyl (C=O) groups excluding carboxylic acids is 1. The van der Waals surface area contributed by atoms with Crippen LogP contribution >= 0.6 is 23.2 Å². The molecule has 13 heteroatoms. The Labute approximate surface area is 319 Å². The van der Waals surface area contributed by atoms with Crippen molar-refractivity contribution < 1.29 is 13.9 Å². The lowest BCUT2D eigenvalue weighted by Gasteiger charge is -2.38. The number of aromatic nitrogens is 2. The smallest absolute Gasteiger partial charge is 0.226 e. The summed E-state index contributed by atoms with van der Waals surface area (Å²) in [6, 6.07) is 12.2. The molecule has 4 aliphatic heterocycles. The number of aromatic amines is 1. The van der Waals surface area contributed by atoms with E-state index in [0.29, 0.717) is 52.4 Å². The van der Waals surface area contributed by atoms with Crippen LogP contribution in [0.2, 0.25) is 10.0 Å². The van der Waals surface area contributed by atoms with E-state index in [9.17, 15) is 10.1 Å². The summed E-state index contributed by atoms with van der Waals surface area (Å²) in [6.07, 6.45) is 8.95. The first-order valence-corrected chi connectivity index (χ1v) is 19.3. The average molecular weight is 762 g/mol. The maximum atomic E-state index is 16.3. The second-order valence-electron chi connectivity index (χ2n) is 15.3. The SMILES string of the molecule is C1NC2CC1C2.CC1(/C(N)=C/NN)COC1.Cc1nc2c(F)c(-c3cccc(Cl)c3Cl)c(CCC#N)cc2c2[nH]c(C3CCCN3C(=O)C3CC3)cc12. The number of ether oxygens (including phenoxy) is 1. The highest BCUT2D eigenvalue weighted by molar-refractivity contribution is 6.43. The minimum absolute atomic E-state index is 0.00632. The molecule has 1 amide bonds. The Morgan fingerprint density at radius 3 is 2.60 bits per heavy atom. The Balaban J connectivity index is 0.000000222. The van der Waals surface area contributed by atoms with Crippen LogP contribution in [0.25, 0.3) is 32.9 Å². The molecule has 280 valence electrons. The van der Waals surface area contributed by atoms with Crippen LogP contribution in [-0.4, -0.2) is 53.1 Å². The molecule has 4 saturated heterocycles. The second kappa shape index (κ2) is 15.4. The Hall–Kier alpha value is -3.92. The number of rotatable bonds is 7. The number of H-pyrrole nitrogens is 1. The van der Waals surface area contributed by atoms with Gasteiger partial charge in [0.2, 0.25) is 5.91 Å². The summed E-state index contributed by atoms with van der Waals surface area (Å²) in [6.45, 7) is 7.37. The van der Waals surface area contributed by atoms with E-state index in [2.05, 4.69) is 32.8 Å². The zero-order valence-corrected chi connectivity index (χ0v) is 31.7. The van der Waals surface area contributed by atoms with E-state index >= 15 is 4.39 Å². The van der Waals surface area contributed by atoms with Crippen LogP contribution in [0, 0.1) is 41.3 Å². The van der Waals surface area contributed by atoms with Crippen molar-refractivity contribution in [1.82, 2.24) is 25.6 Å². The molecule has 2 bridgehead atoms. The molecule has 4 aromatic rings. The Kier molecular flexibility index (Phi) is 10.9. The number of nitriles is 1. The predicted molar refractivity (Wildman–Crippen MR) is 207 cm³/mol. The zero-order valence-electron chi connectivity index (χ0n) is 30.2. The first-order valence-electron chi connectivity index (χ1n) is 18.5. The number of aryl methyl sites for hydroxylation is 2. The zero-order chi connectivity index (χ0) is 37.4. The number of nitrogens with one attached hydrogen (secondary N) is 3. The number of amides is 1. The monoisotopic (exact) mass is 760 g/mol. The third-order valence-corrected chi connectivity index (χ3v) is 12.2. The molecule has 10 nitrogen and oxygen atoms in total. The van der Waals surface area contributed by atoms with E-state index in [1.54, 1.807) is 24.4 Å². The molecule has 1 atom stereocenters. The second-order valence-corrected chi connectivity index (χ2v) is 16.1. The molecule has 6 fully saturated rings. The van der Waals surface area contributed by atoms with Crippen LogP contribution in [0.1, 0.15) is 74.9 Å². The molecule has 10 rings (SSSR count). The van der Waals surface area contributed by atoms with E-state index in [0.717, 1.165) is 66.5 Å². The number of hydrazine groups is 1. The highest BCUT2D eigenvalue weighted by Gasteiger charge is 2.40. The fraction of sp³-hybridized carbons (Fsp3) is 0.475. The number of hydrogen-bond acceptors (Lipinski definition) is 8. The molecule has 2 aromatic heterocycles. The number of carbonyl (C=O) groups is 1. The Bertz CT molecular complexity index is 2080. The summed E-state index contributed by atoms with van der Waals surface area (Å²) in [7, 11) is 0. The van der Waals surface area contributed by atoms with Gasteiger partial charge in [0, 0.05) is 70.1 Å².